The molecule has 1 aromatic rings. The minimum Gasteiger partial charge on any atom is -0.394 e. The van der Waals surface area contributed by atoms with Gasteiger partial charge in [-0.1, -0.05) is 0 Å². The second-order valence-electron chi connectivity index (χ2n) is 3.21. The van der Waals surface area contributed by atoms with Gasteiger partial charge in [-0.25, -0.2) is 9.97 Å². The van der Waals surface area contributed by atoms with Gasteiger partial charge in [0.05, 0.1) is 19.3 Å². The molecular formula is C9H16N4O2. The maximum absolute atomic E-state index is 9.06. The van der Waals surface area contributed by atoms with Crippen molar-refractivity contribution >= 4 is 11.6 Å². The van der Waals surface area contributed by atoms with Gasteiger partial charge in [-0.2, -0.15) is 0 Å². The van der Waals surface area contributed by atoms with Crippen LogP contribution in [0.4, 0.5) is 11.6 Å². The number of nitrogens with two attached hydrogens (primary N) is 1. The molecule has 1 aromatic heterocycles. The van der Waals surface area contributed by atoms with Gasteiger partial charge in [-0.05, 0) is 6.92 Å². The Labute approximate surface area is 88.5 Å². The predicted molar refractivity (Wildman–Crippen MR) is 57.6 cm³/mol. The number of methoxy groups -OCH3 is 1. The third kappa shape index (κ3) is 3.03. The van der Waals surface area contributed by atoms with E-state index in [0.29, 0.717) is 18.2 Å². The summed E-state index contributed by atoms with van der Waals surface area (Å²) in [5.74, 6) is 1.06. The summed E-state index contributed by atoms with van der Waals surface area (Å²) in [6, 6.07) is -0.192. The predicted octanol–water partition coefficient (Wildman–Crippen LogP) is -0.214. The highest BCUT2D eigenvalue weighted by Gasteiger charge is 2.10. The van der Waals surface area contributed by atoms with Gasteiger partial charge in [-0.15, -0.1) is 0 Å². The lowest BCUT2D eigenvalue weighted by Crippen LogP contribution is -2.29. The van der Waals surface area contributed by atoms with Crippen LogP contribution in [-0.4, -0.2) is 41.4 Å². The summed E-state index contributed by atoms with van der Waals surface area (Å²) in [7, 11) is 1.57. The van der Waals surface area contributed by atoms with Crippen molar-refractivity contribution in [1.29, 1.82) is 0 Å². The quantitative estimate of drug-likeness (QED) is 0.625. The minimum atomic E-state index is -0.192. The zero-order chi connectivity index (χ0) is 11.3. The van der Waals surface area contributed by atoms with Crippen molar-refractivity contribution in [3.05, 3.63) is 11.9 Å². The summed E-state index contributed by atoms with van der Waals surface area (Å²) in [5.41, 5.74) is 6.40. The van der Waals surface area contributed by atoms with Gasteiger partial charge in [0, 0.05) is 12.7 Å². The molecule has 1 rings (SSSR count). The minimum absolute atomic E-state index is 0.0306. The number of aliphatic hydroxyl groups is 1. The maximum Gasteiger partial charge on any atom is 0.134 e. The first-order chi connectivity index (χ1) is 7.19. The van der Waals surface area contributed by atoms with E-state index in [1.807, 2.05) is 6.92 Å². The number of nitrogens with zero attached hydrogens (tertiary/aromatic N) is 2. The lowest BCUT2D eigenvalue weighted by Gasteiger charge is -2.17. The van der Waals surface area contributed by atoms with Crippen LogP contribution in [0.5, 0.6) is 0 Å². The van der Waals surface area contributed by atoms with E-state index in [9.17, 15) is 0 Å². The zero-order valence-corrected chi connectivity index (χ0v) is 8.90. The molecule has 0 radical (unpaired) electrons. The van der Waals surface area contributed by atoms with Crippen molar-refractivity contribution in [2.75, 3.05) is 31.4 Å². The molecule has 6 nitrogen and oxygen atoms in total. The van der Waals surface area contributed by atoms with E-state index in [0.717, 1.165) is 5.56 Å². The molecule has 0 aliphatic carbocycles. The highest BCUT2D eigenvalue weighted by molar-refractivity contribution is 5.54. The van der Waals surface area contributed by atoms with Gasteiger partial charge >= 0.3 is 0 Å². The van der Waals surface area contributed by atoms with E-state index >= 15 is 0 Å². The average Bonchev–Trinajstić information content (AvgIpc) is 2.24. The van der Waals surface area contributed by atoms with Crippen molar-refractivity contribution in [3.8, 4) is 0 Å². The SMILES string of the molecule is COCC(CO)Nc1ncnc(N)c1C. The summed E-state index contributed by atoms with van der Waals surface area (Å²) in [6.07, 6.45) is 1.38. The van der Waals surface area contributed by atoms with Crippen molar-refractivity contribution in [1.82, 2.24) is 9.97 Å². The van der Waals surface area contributed by atoms with Crippen molar-refractivity contribution in [2.24, 2.45) is 0 Å². The molecule has 4 N–H and O–H groups in total. The van der Waals surface area contributed by atoms with Crippen molar-refractivity contribution in [2.45, 2.75) is 13.0 Å². The number of aromatic nitrogens is 2. The van der Waals surface area contributed by atoms with E-state index in [1.54, 1.807) is 7.11 Å². The smallest absolute Gasteiger partial charge is 0.134 e. The highest BCUT2D eigenvalue weighted by atomic mass is 16.5. The number of aliphatic hydroxyl groups excluding tert-OH is 1. The van der Waals surface area contributed by atoms with E-state index < -0.39 is 0 Å². The molecule has 0 spiro atoms. The van der Waals surface area contributed by atoms with Crippen LogP contribution in [0, 0.1) is 6.92 Å². The van der Waals surface area contributed by atoms with Gasteiger partial charge < -0.3 is 20.9 Å². The molecule has 0 amide bonds. The Bertz CT molecular complexity index is 319. The third-order valence-electron chi connectivity index (χ3n) is 2.05. The third-order valence-corrected chi connectivity index (χ3v) is 2.05. The molecule has 0 aliphatic heterocycles. The van der Waals surface area contributed by atoms with Crippen LogP contribution < -0.4 is 11.1 Å². The average molecular weight is 212 g/mol. The molecule has 1 atom stereocenters. The first kappa shape index (κ1) is 11.7. The maximum atomic E-state index is 9.06. The van der Waals surface area contributed by atoms with E-state index in [-0.39, 0.29) is 12.6 Å². The fourth-order valence-electron chi connectivity index (χ4n) is 1.14. The molecular weight excluding hydrogens is 196 g/mol. The standard InChI is InChI=1S/C9H16N4O2/c1-6-8(10)11-5-12-9(6)13-7(3-14)4-15-2/h5,7,14H,3-4H2,1-2H3,(H3,10,11,12,13). The van der Waals surface area contributed by atoms with Gasteiger partial charge in [0.25, 0.3) is 0 Å². The molecule has 84 valence electrons. The van der Waals surface area contributed by atoms with Crippen LogP contribution in [0.1, 0.15) is 5.56 Å². The Morgan fingerprint density at radius 3 is 2.93 bits per heavy atom. The van der Waals surface area contributed by atoms with Crippen LogP contribution in [0.25, 0.3) is 0 Å². The van der Waals surface area contributed by atoms with Gasteiger partial charge in [0.2, 0.25) is 0 Å². The van der Waals surface area contributed by atoms with Crippen LogP contribution in [0.3, 0.4) is 0 Å². The van der Waals surface area contributed by atoms with Crippen LogP contribution in [0.15, 0.2) is 6.33 Å². The molecule has 1 heterocycles. The monoisotopic (exact) mass is 212 g/mol. The van der Waals surface area contributed by atoms with Crippen molar-refractivity contribution < 1.29 is 9.84 Å². The number of rotatable bonds is 5. The first-order valence-electron chi connectivity index (χ1n) is 4.62. The molecule has 0 saturated heterocycles. The fraction of sp³-hybridized carbons (Fsp3) is 0.556. The molecule has 0 aromatic carbocycles. The van der Waals surface area contributed by atoms with E-state index in [2.05, 4.69) is 15.3 Å². The molecule has 1 unspecified atom stereocenters. The van der Waals surface area contributed by atoms with Gasteiger partial charge in [0.1, 0.15) is 18.0 Å². The number of nitrogen functional groups attached to an aromatic ring is 1. The second-order valence-corrected chi connectivity index (χ2v) is 3.21. The number of hydrogen-bond acceptors (Lipinski definition) is 6. The summed E-state index contributed by atoms with van der Waals surface area (Å²) in [5, 5.41) is 12.1. The largest absolute Gasteiger partial charge is 0.394 e. The summed E-state index contributed by atoms with van der Waals surface area (Å²) < 4.78 is 4.94. The molecule has 15 heavy (non-hydrogen) atoms. The Morgan fingerprint density at radius 1 is 1.60 bits per heavy atom. The lowest BCUT2D eigenvalue weighted by molar-refractivity contribution is 0.153. The Hall–Kier alpha value is -1.40. The summed E-state index contributed by atoms with van der Waals surface area (Å²) >= 11 is 0. The zero-order valence-electron chi connectivity index (χ0n) is 8.90. The lowest BCUT2D eigenvalue weighted by atomic mass is 10.2. The number of nitrogens with one attached hydrogen (secondary N) is 1. The summed E-state index contributed by atoms with van der Waals surface area (Å²) in [6.45, 7) is 2.19. The molecule has 0 saturated carbocycles. The molecule has 6 heteroatoms. The Kier molecular flexibility index (Phi) is 4.26. The van der Waals surface area contributed by atoms with Crippen LogP contribution in [0.2, 0.25) is 0 Å². The topological polar surface area (TPSA) is 93.3 Å². The molecule has 0 fully saturated rings. The van der Waals surface area contributed by atoms with Gasteiger partial charge in [-0.3, -0.25) is 0 Å². The first-order valence-corrected chi connectivity index (χ1v) is 4.62. The summed E-state index contributed by atoms with van der Waals surface area (Å²) in [4.78, 5) is 7.89. The van der Waals surface area contributed by atoms with Crippen molar-refractivity contribution in [3.63, 3.8) is 0 Å². The molecule has 0 bridgehead atoms. The highest BCUT2D eigenvalue weighted by Crippen LogP contribution is 2.15. The van der Waals surface area contributed by atoms with Crippen LogP contribution >= 0.6 is 0 Å². The number of anilines is 2. The normalized spacial score (nSPS) is 12.5. The second kappa shape index (κ2) is 5.47. The van der Waals surface area contributed by atoms with E-state index in [1.165, 1.54) is 6.33 Å². The fourth-order valence-corrected chi connectivity index (χ4v) is 1.14. The number of ether oxygens (including phenoxy) is 1. The van der Waals surface area contributed by atoms with Gasteiger partial charge in [0.15, 0.2) is 0 Å². The number of hydrogen-bond donors (Lipinski definition) is 3. The van der Waals surface area contributed by atoms with Crippen LogP contribution in [-0.2, 0) is 4.74 Å². The molecule has 0 aliphatic rings. The van der Waals surface area contributed by atoms with E-state index in [4.69, 9.17) is 15.6 Å². The Morgan fingerprint density at radius 2 is 2.33 bits per heavy atom. The Balaban J connectivity index is 2.74.